The van der Waals surface area contributed by atoms with Crippen molar-refractivity contribution in [3.05, 3.63) is 29.8 Å². The number of nitrogens with zero attached hydrogens (tertiary/aromatic N) is 4. The lowest BCUT2D eigenvalue weighted by Crippen LogP contribution is -2.62. The number of rotatable bonds is 14. The lowest BCUT2D eigenvalue weighted by atomic mass is 9.92. The summed E-state index contributed by atoms with van der Waals surface area (Å²) in [5.74, 6) is -6.86. The number of nitrogens with one attached hydrogen (secondary N) is 3. The van der Waals surface area contributed by atoms with E-state index < -0.39 is 138 Å². The number of likely N-dealkylation sites (N-methyl/N-ethyl adjacent to an activating group) is 2. The molecule has 3 heterocycles. The Balaban J connectivity index is 1.86. The Kier molecular flexibility index (Phi) is 23.2. The highest BCUT2D eigenvalue weighted by Gasteiger charge is 2.46. The number of amides is 7. The summed E-state index contributed by atoms with van der Waals surface area (Å²) in [6, 6.07) is -1.76. The van der Waals surface area contributed by atoms with Gasteiger partial charge in [0.05, 0.1) is 25.7 Å². The van der Waals surface area contributed by atoms with Gasteiger partial charge in [-0.15, -0.1) is 0 Å². The van der Waals surface area contributed by atoms with E-state index >= 15 is 0 Å². The van der Waals surface area contributed by atoms with Crippen molar-refractivity contribution in [2.75, 3.05) is 34.3 Å². The first-order valence-electron chi connectivity index (χ1n) is 27.4. The van der Waals surface area contributed by atoms with Crippen molar-refractivity contribution < 1.29 is 67.2 Å². The first kappa shape index (κ1) is 63.5. The second-order valence-electron chi connectivity index (χ2n) is 23.3. The van der Waals surface area contributed by atoms with E-state index in [0.717, 1.165) is 0 Å². The Hall–Kier alpha value is -5.99. The summed E-state index contributed by atoms with van der Waals surface area (Å²) in [7, 11) is 4.38. The van der Waals surface area contributed by atoms with Crippen LogP contribution >= 0.6 is 0 Å². The number of carbonyl (C=O) groups is 9. The van der Waals surface area contributed by atoms with Crippen molar-refractivity contribution in [3.8, 4) is 5.75 Å². The number of hydrogen-bond donors (Lipinski definition) is 4. The Morgan fingerprint density at radius 1 is 0.883 bits per heavy atom. The maximum atomic E-state index is 15.0. The summed E-state index contributed by atoms with van der Waals surface area (Å²) in [5.41, 5.74) is -0.232. The molecule has 21 heteroatoms. The largest absolute Gasteiger partial charge is 0.497 e. The minimum Gasteiger partial charge on any atom is -0.497 e. The van der Waals surface area contributed by atoms with Crippen molar-refractivity contribution in [3.63, 3.8) is 0 Å². The molecule has 0 aromatic heterocycles. The molecule has 11 atom stereocenters. The molecule has 432 valence electrons. The predicted octanol–water partition coefficient (Wildman–Crippen LogP) is 4.14. The molecule has 3 aliphatic rings. The predicted molar refractivity (Wildman–Crippen MR) is 286 cm³/mol. The van der Waals surface area contributed by atoms with Gasteiger partial charge in [-0.25, -0.2) is 9.59 Å². The van der Waals surface area contributed by atoms with E-state index in [1.807, 2.05) is 34.6 Å². The molecule has 3 aliphatic heterocycles. The molecule has 3 fully saturated rings. The molecular weight excluding hydrogens is 995 g/mol. The van der Waals surface area contributed by atoms with Crippen molar-refractivity contribution >= 4 is 53.5 Å². The number of methoxy groups -OCH3 is 1. The van der Waals surface area contributed by atoms with Crippen LogP contribution in [0, 0.1) is 23.7 Å². The molecule has 0 aliphatic carbocycles. The van der Waals surface area contributed by atoms with Crippen molar-refractivity contribution in [2.24, 2.45) is 23.7 Å². The minimum absolute atomic E-state index is 0.0918. The fourth-order valence-corrected chi connectivity index (χ4v) is 10.1. The number of hydrogen-bond acceptors (Lipinski definition) is 14. The van der Waals surface area contributed by atoms with Crippen LogP contribution in [0.3, 0.4) is 0 Å². The first-order valence-corrected chi connectivity index (χ1v) is 27.4. The molecule has 1 aromatic carbocycles. The summed E-state index contributed by atoms with van der Waals surface area (Å²) in [6.45, 7) is 21.3. The second kappa shape index (κ2) is 28.1. The van der Waals surface area contributed by atoms with E-state index in [1.54, 1.807) is 65.8 Å². The van der Waals surface area contributed by atoms with Crippen LogP contribution in [-0.4, -0.2) is 179 Å². The first-order chi connectivity index (χ1) is 36.0. The zero-order valence-corrected chi connectivity index (χ0v) is 48.2. The quantitative estimate of drug-likeness (QED) is 0.151. The van der Waals surface area contributed by atoms with Crippen molar-refractivity contribution in [2.45, 2.75) is 207 Å². The fraction of sp³-hybridized carbons (Fsp3) is 0.732. The summed E-state index contributed by atoms with van der Waals surface area (Å²) in [4.78, 5) is 135. The van der Waals surface area contributed by atoms with Crippen LogP contribution in [0.1, 0.15) is 140 Å². The normalized spacial score (nSPS) is 26.5. The Bertz CT molecular complexity index is 2230. The molecule has 77 heavy (non-hydrogen) atoms. The molecular formula is C56H89N7O14. The van der Waals surface area contributed by atoms with Crippen molar-refractivity contribution in [1.29, 1.82) is 0 Å². The molecule has 4 rings (SSSR count). The molecule has 0 saturated carbocycles. The molecule has 0 radical (unpaired) electrons. The van der Waals surface area contributed by atoms with Gasteiger partial charge in [-0.05, 0) is 108 Å². The third kappa shape index (κ3) is 17.3. The molecule has 1 aromatic rings. The van der Waals surface area contributed by atoms with Crippen molar-refractivity contribution in [1.82, 2.24) is 35.6 Å². The van der Waals surface area contributed by atoms with Gasteiger partial charge in [0, 0.05) is 33.6 Å². The number of carbonyl (C=O) groups excluding carboxylic acids is 9. The zero-order valence-electron chi connectivity index (χ0n) is 48.2. The SMILES string of the molecule is CC[C@H](C)[C@H]1NC(=O)[C@@H](NC(=O)[C@@H](CC(C)C)N(C)C(=O)[C@@H]2CCCN2C(=O)OC(C)(C)C)[C@@H](C)OC(=O)[C@H](Cc2ccc(OC)cc2)N(C)C(=O)C2CCCN2C(=O)[C@H](CC(C)C)NC(=O)[C@H](C(C)C)OC(=O)C[C@@H]1O. The van der Waals surface area contributed by atoms with Crippen LogP contribution in [0.2, 0.25) is 0 Å². The van der Waals surface area contributed by atoms with Crippen LogP contribution < -0.4 is 20.7 Å². The number of benzene rings is 1. The average Bonchev–Trinajstić information content (AvgIpc) is 4.06. The van der Waals surface area contributed by atoms with E-state index in [9.17, 15) is 48.3 Å². The summed E-state index contributed by atoms with van der Waals surface area (Å²) in [5, 5.41) is 20.2. The van der Waals surface area contributed by atoms with Gasteiger partial charge in [-0.3, -0.25) is 38.5 Å². The fourth-order valence-electron chi connectivity index (χ4n) is 10.1. The monoisotopic (exact) mass is 1080 g/mol. The van der Waals surface area contributed by atoms with Gasteiger partial charge in [-0.2, -0.15) is 0 Å². The smallest absolute Gasteiger partial charge is 0.410 e. The Morgan fingerprint density at radius 3 is 2.09 bits per heavy atom. The molecule has 7 amide bonds. The van der Waals surface area contributed by atoms with Crippen LogP contribution in [0.5, 0.6) is 5.75 Å². The highest BCUT2D eigenvalue weighted by Crippen LogP contribution is 2.28. The summed E-state index contributed by atoms with van der Waals surface area (Å²) in [6.07, 6.45) is -3.74. The lowest BCUT2D eigenvalue weighted by Gasteiger charge is -2.36. The molecule has 0 bridgehead atoms. The van der Waals surface area contributed by atoms with Gasteiger partial charge in [-0.1, -0.05) is 73.9 Å². The highest BCUT2D eigenvalue weighted by atomic mass is 16.6. The number of cyclic esters (lactones) is 2. The number of aliphatic hydroxyl groups is 1. The summed E-state index contributed by atoms with van der Waals surface area (Å²) >= 11 is 0. The molecule has 0 spiro atoms. The Morgan fingerprint density at radius 2 is 1.52 bits per heavy atom. The number of ether oxygens (including phenoxy) is 4. The van der Waals surface area contributed by atoms with Crippen LogP contribution in [0.4, 0.5) is 4.79 Å². The van der Waals surface area contributed by atoms with E-state index in [4.69, 9.17) is 18.9 Å². The average molecular weight is 1080 g/mol. The topological polar surface area (TPSA) is 260 Å². The Labute approximate surface area is 455 Å². The molecule has 1 unspecified atom stereocenters. The van der Waals surface area contributed by atoms with Gasteiger partial charge in [0.2, 0.25) is 29.5 Å². The van der Waals surface area contributed by atoms with E-state index in [-0.39, 0.29) is 50.6 Å². The number of likely N-dealkylation sites (tertiary alicyclic amines) is 1. The van der Waals surface area contributed by atoms with Crippen LogP contribution in [0.15, 0.2) is 24.3 Å². The number of fused-ring (bicyclic) bond motifs is 1. The third-order valence-corrected chi connectivity index (χ3v) is 14.6. The maximum absolute atomic E-state index is 15.0. The minimum atomic E-state index is -1.72. The van der Waals surface area contributed by atoms with E-state index in [0.29, 0.717) is 37.0 Å². The zero-order chi connectivity index (χ0) is 57.8. The molecule has 4 N–H and O–H groups in total. The second-order valence-corrected chi connectivity index (χ2v) is 23.3. The van der Waals surface area contributed by atoms with Gasteiger partial charge in [0.15, 0.2) is 6.10 Å². The maximum Gasteiger partial charge on any atom is 0.410 e. The van der Waals surface area contributed by atoms with Crippen LogP contribution in [-0.2, 0) is 59.0 Å². The van der Waals surface area contributed by atoms with E-state index in [1.165, 1.54) is 47.7 Å². The van der Waals surface area contributed by atoms with Gasteiger partial charge >= 0.3 is 18.0 Å². The summed E-state index contributed by atoms with van der Waals surface area (Å²) < 4.78 is 22.9. The number of esters is 2. The van der Waals surface area contributed by atoms with Gasteiger partial charge in [0.1, 0.15) is 53.7 Å². The van der Waals surface area contributed by atoms with Gasteiger partial charge < -0.3 is 54.7 Å². The molecule has 3 saturated heterocycles. The van der Waals surface area contributed by atoms with E-state index in [2.05, 4.69) is 16.0 Å². The van der Waals surface area contributed by atoms with Crippen LogP contribution in [0.25, 0.3) is 0 Å². The third-order valence-electron chi connectivity index (χ3n) is 14.6. The highest BCUT2D eigenvalue weighted by molar-refractivity contribution is 5.96. The number of aliphatic hydroxyl groups excluding tert-OH is 1. The van der Waals surface area contributed by atoms with Gasteiger partial charge in [0.25, 0.3) is 5.91 Å². The lowest BCUT2D eigenvalue weighted by molar-refractivity contribution is -0.162. The molecule has 21 nitrogen and oxygen atoms in total. The standard InChI is InChI=1S/C56H89N7O14/c1-16-34(8)45-43(64)30-44(65)76-47(33(6)7)50(68)57-38(27-31(2)3)51(69)62-25-17-19-39(62)52(70)61(14)42(29-36-21-23-37(74-15)24-22-36)54(72)75-35(9)46(49(67)58-45)59-48(66)41(28-32(4)5)60(13)53(71)40-20-18-26-63(40)55(73)77-56(10,11)12/h21-24,31-35,38-43,45-47,64H,16-20,25-30H2,1-15H3,(H,57,68)(H,58,67)(H,59,66)/t34-,35+,38-,39?,40-,41+,42-,43-,45+,46-,47-/m0/s1.